The van der Waals surface area contributed by atoms with E-state index in [1.807, 2.05) is 12.3 Å². The van der Waals surface area contributed by atoms with Crippen LogP contribution in [0.15, 0.2) is 36.0 Å². The maximum absolute atomic E-state index is 13.0. The van der Waals surface area contributed by atoms with Crippen LogP contribution in [0, 0.1) is 6.92 Å². The van der Waals surface area contributed by atoms with Crippen LogP contribution in [0.25, 0.3) is 15.7 Å². The van der Waals surface area contributed by atoms with E-state index in [-0.39, 0.29) is 36.1 Å². The van der Waals surface area contributed by atoms with Crippen molar-refractivity contribution in [2.24, 2.45) is 5.73 Å². The molecule has 0 aromatic carbocycles. The Morgan fingerprint density at radius 2 is 2.00 bits per heavy atom. The third-order valence-corrected chi connectivity index (χ3v) is 7.60. The zero-order valence-electron chi connectivity index (χ0n) is 21.6. The van der Waals surface area contributed by atoms with E-state index in [0.717, 1.165) is 28.6 Å². The second kappa shape index (κ2) is 10.2. The summed E-state index contributed by atoms with van der Waals surface area (Å²) in [5.74, 6) is 0.0721. The Labute approximate surface area is 223 Å². The summed E-state index contributed by atoms with van der Waals surface area (Å²) in [5, 5.41) is 19.3. The van der Waals surface area contributed by atoms with Gasteiger partial charge in [-0.2, -0.15) is 5.10 Å². The van der Waals surface area contributed by atoms with Crippen LogP contribution in [0.1, 0.15) is 65.8 Å². The fraction of sp³-hybridized carbons (Fsp3) is 0.407. The molecular weight excluding hydrogens is 506 g/mol. The number of carbonyl (C=O) groups excluding carboxylic acids is 2. The van der Waals surface area contributed by atoms with Crippen molar-refractivity contribution in [3.8, 4) is 11.6 Å². The minimum absolute atomic E-state index is 0.00291. The van der Waals surface area contributed by atoms with E-state index >= 15 is 0 Å². The number of fused-ring (bicyclic) bond motifs is 2. The molecule has 2 amide bonds. The summed E-state index contributed by atoms with van der Waals surface area (Å²) in [6.07, 6.45) is 5.99. The van der Waals surface area contributed by atoms with Gasteiger partial charge in [0.1, 0.15) is 24.0 Å². The zero-order valence-corrected chi connectivity index (χ0v) is 22.4. The van der Waals surface area contributed by atoms with Crippen molar-refractivity contribution in [1.29, 1.82) is 0 Å². The highest BCUT2D eigenvalue weighted by atomic mass is 32.1. The van der Waals surface area contributed by atoms with Gasteiger partial charge in [0, 0.05) is 6.04 Å². The predicted octanol–water partition coefficient (Wildman–Crippen LogP) is 3.62. The van der Waals surface area contributed by atoms with Crippen LogP contribution in [-0.4, -0.2) is 55.9 Å². The zero-order chi connectivity index (χ0) is 27.0. The molecule has 1 saturated carbocycles. The average molecular weight is 538 g/mol. The SMILES string of the molecule is Cc1csc2cc(C(N)=O)c(OC3CCC(NC(=O)c4cnn5cc(OCC(C)(C)O)ccc45)CC3)nc12. The molecule has 4 aromatic rings. The highest BCUT2D eigenvalue weighted by molar-refractivity contribution is 7.17. The molecule has 4 N–H and O–H groups in total. The summed E-state index contributed by atoms with van der Waals surface area (Å²) in [4.78, 5) is 29.6. The molecule has 11 heteroatoms. The summed E-state index contributed by atoms with van der Waals surface area (Å²) >= 11 is 1.52. The first-order chi connectivity index (χ1) is 18.1. The van der Waals surface area contributed by atoms with E-state index in [1.54, 1.807) is 49.0 Å². The van der Waals surface area contributed by atoms with Gasteiger partial charge >= 0.3 is 0 Å². The summed E-state index contributed by atoms with van der Waals surface area (Å²) in [7, 11) is 0. The van der Waals surface area contributed by atoms with Crippen molar-refractivity contribution >= 4 is 38.9 Å². The third-order valence-electron chi connectivity index (χ3n) is 6.57. The van der Waals surface area contributed by atoms with E-state index in [2.05, 4.69) is 15.4 Å². The molecular formula is C27H31N5O5S. The van der Waals surface area contributed by atoms with Gasteiger partial charge in [0.25, 0.3) is 11.8 Å². The molecule has 0 spiro atoms. The molecule has 0 aliphatic heterocycles. The highest BCUT2D eigenvalue weighted by Crippen LogP contribution is 2.31. The number of carbonyl (C=O) groups is 2. The second-order valence-electron chi connectivity index (χ2n) is 10.4. The molecule has 200 valence electrons. The maximum Gasteiger partial charge on any atom is 0.255 e. The largest absolute Gasteiger partial charge is 0.489 e. The fourth-order valence-corrected chi connectivity index (χ4v) is 5.48. The standard InChI is InChI=1S/C27H31N5O5S/c1-15-13-38-22-10-19(24(28)33)26(31-23(15)22)37-17-6-4-16(5-7-17)30-25(34)20-11-29-32-12-18(8-9-21(20)32)36-14-27(2,3)35/h8-13,16-17,35H,4-7,14H2,1-3H3,(H2,28,33)(H,30,34). The number of rotatable bonds is 8. The fourth-order valence-electron chi connectivity index (χ4n) is 4.56. The van der Waals surface area contributed by atoms with E-state index in [1.165, 1.54) is 11.3 Å². The molecule has 0 radical (unpaired) electrons. The van der Waals surface area contributed by atoms with Crippen molar-refractivity contribution in [3.05, 3.63) is 52.7 Å². The molecule has 0 unspecified atom stereocenters. The third kappa shape index (κ3) is 5.58. The number of ether oxygens (including phenoxy) is 2. The number of aliphatic hydroxyl groups is 1. The predicted molar refractivity (Wildman–Crippen MR) is 144 cm³/mol. The lowest BCUT2D eigenvalue weighted by Gasteiger charge is -2.29. The van der Waals surface area contributed by atoms with Gasteiger partial charge in [-0.15, -0.1) is 11.3 Å². The molecule has 1 aliphatic carbocycles. The number of pyridine rings is 2. The summed E-state index contributed by atoms with van der Waals surface area (Å²) in [6, 6.07) is 5.28. The molecule has 1 fully saturated rings. The Balaban J connectivity index is 1.20. The quantitative estimate of drug-likeness (QED) is 0.312. The average Bonchev–Trinajstić information content (AvgIpc) is 3.46. The van der Waals surface area contributed by atoms with Crippen LogP contribution in [0.3, 0.4) is 0 Å². The van der Waals surface area contributed by atoms with Crippen molar-refractivity contribution in [2.45, 2.75) is 64.2 Å². The van der Waals surface area contributed by atoms with Gasteiger partial charge in [0.2, 0.25) is 5.88 Å². The number of primary amides is 1. The number of aryl methyl sites for hydroxylation is 1. The van der Waals surface area contributed by atoms with Gasteiger partial charge in [-0.25, -0.2) is 9.50 Å². The molecule has 38 heavy (non-hydrogen) atoms. The van der Waals surface area contributed by atoms with Crippen LogP contribution < -0.4 is 20.5 Å². The normalized spacial score (nSPS) is 18.0. The number of nitrogens with zero attached hydrogens (tertiary/aromatic N) is 3. The molecule has 1 aliphatic rings. The van der Waals surface area contributed by atoms with Crippen molar-refractivity contribution in [1.82, 2.24) is 19.9 Å². The van der Waals surface area contributed by atoms with Crippen LogP contribution in [0.5, 0.6) is 11.6 Å². The topological polar surface area (TPSA) is 141 Å². The lowest BCUT2D eigenvalue weighted by atomic mass is 9.92. The van der Waals surface area contributed by atoms with Gasteiger partial charge in [-0.1, -0.05) is 0 Å². The van der Waals surface area contributed by atoms with Crippen molar-refractivity contribution in [3.63, 3.8) is 0 Å². The summed E-state index contributed by atoms with van der Waals surface area (Å²) < 4.78 is 14.3. The lowest BCUT2D eigenvalue weighted by molar-refractivity contribution is 0.0283. The van der Waals surface area contributed by atoms with Crippen LogP contribution in [0.2, 0.25) is 0 Å². The lowest BCUT2D eigenvalue weighted by Crippen LogP contribution is -2.39. The summed E-state index contributed by atoms with van der Waals surface area (Å²) in [5.41, 5.74) is 7.93. The molecule has 0 atom stereocenters. The van der Waals surface area contributed by atoms with Crippen molar-refractivity contribution < 1.29 is 24.2 Å². The monoisotopic (exact) mass is 537 g/mol. The first-order valence-electron chi connectivity index (χ1n) is 12.6. The van der Waals surface area contributed by atoms with E-state index in [0.29, 0.717) is 29.7 Å². The Bertz CT molecular complexity index is 1500. The number of thiophene rings is 1. The van der Waals surface area contributed by atoms with E-state index in [4.69, 9.17) is 15.2 Å². The van der Waals surface area contributed by atoms with E-state index < -0.39 is 11.5 Å². The Kier molecular flexibility index (Phi) is 6.97. The van der Waals surface area contributed by atoms with Crippen LogP contribution in [0.4, 0.5) is 0 Å². The second-order valence-corrected chi connectivity index (χ2v) is 11.3. The van der Waals surface area contributed by atoms with Crippen molar-refractivity contribution in [2.75, 3.05) is 6.61 Å². The maximum atomic E-state index is 13.0. The highest BCUT2D eigenvalue weighted by Gasteiger charge is 2.27. The number of aromatic nitrogens is 3. The number of hydrogen-bond donors (Lipinski definition) is 3. The summed E-state index contributed by atoms with van der Waals surface area (Å²) in [6.45, 7) is 5.45. The van der Waals surface area contributed by atoms with Gasteiger partial charge < -0.3 is 25.6 Å². The van der Waals surface area contributed by atoms with Gasteiger partial charge in [-0.05, 0) is 75.6 Å². The Morgan fingerprint density at radius 1 is 1.24 bits per heavy atom. The number of amides is 2. The smallest absolute Gasteiger partial charge is 0.255 e. The number of nitrogens with one attached hydrogen (secondary N) is 1. The molecule has 10 nitrogen and oxygen atoms in total. The number of nitrogens with two attached hydrogens (primary N) is 1. The molecule has 0 saturated heterocycles. The van der Waals surface area contributed by atoms with Crippen LogP contribution >= 0.6 is 11.3 Å². The first-order valence-corrected chi connectivity index (χ1v) is 13.4. The van der Waals surface area contributed by atoms with Gasteiger partial charge in [-0.3, -0.25) is 9.59 Å². The minimum Gasteiger partial charge on any atom is -0.489 e. The number of hydrogen-bond acceptors (Lipinski definition) is 8. The Hall–Kier alpha value is -3.70. The van der Waals surface area contributed by atoms with Gasteiger partial charge in [0.15, 0.2) is 0 Å². The molecule has 4 heterocycles. The first kappa shape index (κ1) is 25.9. The Morgan fingerprint density at radius 3 is 2.71 bits per heavy atom. The van der Waals surface area contributed by atoms with E-state index in [9.17, 15) is 14.7 Å². The molecule has 5 rings (SSSR count). The molecule has 4 aromatic heterocycles. The van der Waals surface area contributed by atoms with Crippen LogP contribution in [-0.2, 0) is 0 Å². The van der Waals surface area contributed by atoms with Gasteiger partial charge in [0.05, 0.1) is 39.3 Å². The molecule has 0 bridgehead atoms. The minimum atomic E-state index is -0.953.